The zero-order chi connectivity index (χ0) is 12.7. The molecule has 0 radical (unpaired) electrons. The van der Waals surface area contributed by atoms with E-state index in [2.05, 4.69) is 15.0 Å². The Hall–Kier alpha value is -0.980. The third-order valence-electron chi connectivity index (χ3n) is 2.49. The number of hydrogen-bond donors (Lipinski definition) is 2. The summed E-state index contributed by atoms with van der Waals surface area (Å²) in [5.41, 5.74) is 1.07. The lowest BCUT2D eigenvalue weighted by molar-refractivity contribution is 0.564. The smallest absolute Gasteiger partial charge is 0.215 e. The maximum atomic E-state index is 11.7. The Labute approximate surface area is 103 Å². The van der Waals surface area contributed by atoms with Crippen molar-refractivity contribution < 1.29 is 8.42 Å². The van der Waals surface area contributed by atoms with Gasteiger partial charge in [0.15, 0.2) is 0 Å². The molecule has 96 valence electrons. The predicted octanol–water partition coefficient (Wildman–Crippen LogP) is 0.151. The highest BCUT2D eigenvalue weighted by molar-refractivity contribution is 7.90. The number of pyridine rings is 1. The third kappa shape index (κ3) is 4.80. The number of rotatable bonds is 7. The first-order valence-electron chi connectivity index (χ1n) is 5.58. The first kappa shape index (κ1) is 14.1. The molecular formula is C11H19N3O2S. The first-order chi connectivity index (χ1) is 8.06. The number of hydrogen-bond acceptors (Lipinski definition) is 4. The fraction of sp³-hybridized carbons (Fsp3) is 0.545. The van der Waals surface area contributed by atoms with Crippen LogP contribution in [0.25, 0.3) is 0 Å². The van der Waals surface area contributed by atoms with E-state index in [0.717, 1.165) is 5.56 Å². The van der Waals surface area contributed by atoms with E-state index in [-0.39, 0.29) is 0 Å². The fourth-order valence-electron chi connectivity index (χ4n) is 1.43. The zero-order valence-electron chi connectivity index (χ0n) is 10.2. The van der Waals surface area contributed by atoms with E-state index in [1.807, 2.05) is 12.1 Å². The van der Waals surface area contributed by atoms with Crippen molar-refractivity contribution in [1.29, 1.82) is 0 Å². The lowest BCUT2D eigenvalue weighted by Crippen LogP contribution is -2.38. The minimum Gasteiger partial charge on any atom is -0.318 e. The van der Waals surface area contributed by atoms with Crippen molar-refractivity contribution in [2.75, 3.05) is 20.1 Å². The van der Waals surface area contributed by atoms with Gasteiger partial charge in [0.1, 0.15) is 0 Å². The summed E-state index contributed by atoms with van der Waals surface area (Å²) >= 11 is 0. The molecule has 0 aromatic carbocycles. The monoisotopic (exact) mass is 257 g/mol. The first-order valence-corrected chi connectivity index (χ1v) is 7.13. The van der Waals surface area contributed by atoms with Crippen LogP contribution in [0.3, 0.4) is 0 Å². The normalized spacial score (nSPS) is 13.5. The van der Waals surface area contributed by atoms with Crippen molar-refractivity contribution in [3.05, 3.63) is 30.1 Å². The molecule has 1 atom stereocenters. The molecule has 17 heavy (non-hydrogen) atoms. The van der Waals surface area contributed by atoms with E-state index in [4.69, 9.17) is 0 Å². The molecule has 1 aromatic heterocycles. The summed E-state index contributed by atoms with van der Waals surface area (Å²) in [5.74, 6) is 0. The van der Waals surface area contributed by atoms with Crippen molar-refractivity contribution in [3.63, 3.8) is 0 Å². The Morgan fingerprint density at radius 3 is 2.59 bits per heavy atom. The number of sulfonamides is 1. The average Bonchev–Trinajstić information content (AvgIpc) is 2.30. The largest absolute Gasteiger partial charge is 0.318 e. The maximum Gasteiger partial charge on any atom is 0.215 e. The van der Waals surface area contributed by atoms with Crippen LogP contribution in [0.2, 0.25) is 0 Å². The number of aromatic nitrogens is 1. The topological polar surface area (TPSA) is 71.1 Å². The molecule has 0 saturated carbocycles. The maximum absolute atomic E-state index is 11.7. The highest BCUT2D eigenvalue weighted by atomic mass is 32.2. The van der Waals surface area contributed by atoms with E-state index in [0.29, 0.717) is 19.5 Å². The molecule has 2 N–H and O–H groups in total. The van der Waals surface area contributed by atoms with Gasteiger partial charge in [0.05, 0.1) is 5.25 Å². The molecule has 6 heteroatoms. The predicted molar refractivity (Wildman–Crippen MR) is 68.3 cm³/mol. The van der Waals surface area contributed by atoms with Crippen LogP contribution in [0.5, 0.6) is 0 Å². The minimum absolute atomic E-state index is 0.417. The number of nitrogens with one attached hydrogen (secondary N) is 2. The van der Waals surface area contributed by atoms with Gasteiger partial charge < -0.3 is 5.32 Å². The van der Waals surface area contributed by atoms with Crippen molar-refractivity contribution in [1.82, 2.24) is 15.0 Å². The molecule has 1 rings (SSSR count). The lowest BCUT2D eigenvalue weighted by atomic mass is 10.2. The Bertz CT molecular complexity index is 420. The second kappa shape index (κ2) is 6.68. The van der Waals surface area contributed by atoms with Crippen LogP contribution in [0, 0.1) is 0 Å². The molecule has 1 unspecified atom stereocenters. The van der Waals surface area contributed by atoms with Crippen LogP contribution in [0.1, 0.15) is 12.5 Å². The molecule has 0 aliphatic heterocycles. The van der Waals surface area contributed by atoms with Crippen molar-refractivity contribution in [2.45, 2.75) is 18.6 Å². The van der Waals surface area contributed by atoms with Gasteiger partial charge >= 0.3 is 0 Å². The van der Waals surface area contributed by atoms with Crippen LogP contribution in [-0.4, -0.2) is 38.8 Å². The van der Waals surface area contributed by atoms with Crippen LogP contribution in [0.15, 0.2) is 24.5 Å². The van der Waals surface area contributed by atoms with Crippen LogP contribution < -0.4 is 10.0 Å². The molecule has 1 aromatic rings. The Morgan fingerprint density at radius 2 is 2.00 bits per heavy atom. The van der Waals surface area contributed by atoms with Gasteiger partial charge in [0.2, 0.25) is 10.0 Å². The molecule has 0 aliphatic carbocycles. The summed E-state index contributed by atoms with van der Waals surface area (Å²) in [7, 11) is -1.48. The molecular weight excluding hydrogens is 238 g/mol. The summed E-state index contributed by atoms with van der Waals surface area (Å²) < 4.78 is 26.1. The van der Waals surface area contributed by atoms with E-state index >= 15 is 0 Å². The van der Waals surface area contributed by atoms with Crippen molar-refractivity contribution >= 4 is 10.0 Å². The summed E-state index contributed by atoms with van der Waals surface area (Å²) in [6.45, 7) is 2.55. The fourth-order valence-corrected chi connectivity index (χ4v) is 2.48. The standard InChI is InChI=1S/C11H19N3O2S/c1-10(9-12-2)17(15,16)14-8-5-11-3-6-13-7-4-11/h3-4,6-7,10,12,14H,5,8-9H2,1-2H3. The molecule has 1 heterocycles. The van der Waals surface area contributed by atoms with E-state index in [1.165, 1.54) is 0 Å². The second-order valence-corrected chi connectivity index (χ2v) is 6.10. The van der Waals surface area contributed by atoms with Gasteiger partial charge in [0.25, 0.3) is 0 Å². The highest BCUT2D eigenvalue weighted by Crippen LogP contribution is 1.99. The third-order valence-corrected chi connectivity index (χ3v) is 4.32. The second-order valence-electron chi connectivity index (χ2n) is 3.91. The average molecular weight is 257 g/mol. The van der Waals surface area contributed by atoms with Gasteiger partial charge in [-0.25, -0.2) is 13.1 Å². The Morgan fingerprint density at radius 1 is 1.35 bits per heavy atom. The van der Waals surface area contributed by atoms with Crippen LogP contribution in [0.4, 0.5) is 0 Å². The molecule has 0 aliphatic rings. The minimum atomic E-state index is -3.22. The Balaban J connectivity index is 2.40. The number of nitrogens with zero attached hydrogens (tertiary/aromatic N) is 1. The van der Waals surface area contributed by atoms with Crippen molar-refractivity contribution in [3.8, 4) is 0 Å². The highest BCUT2D eigenvalue weighted by Gasteiger charge is 2.18. The SMILES string of the molecule is CNCC(C)S(=O)(=O)NCCc1ccncc1. The van der Waals surface area contributed by atoms with Gasteiger partial charge in [-0.15, -0.1) is 0 Å². The summed E-state index contributed by atoms with van der Waals surface area (Å²) in [5, 5.41) is 2.43. The molecule has 0 bridgehead atoms. The van der Waals surface area contributed by atoms with Gasteiger partial charge in [-0.3, -0.25) is 4.98 Å². The lowest BCUT2D eigenvalue weighted by Gasteiger charge is -2.13. The van der Waals surface area contributed by atoms with Gasteiger partial charge in [-0.05, 0) is 38.1 Å². The zero-order valence-corrected chi connectivity index (χ0v) is 11.0. The Kier molecular flexibility index (Phi) is 5.54. The summed E-state index contributed by atoms with van der Waals surface area (Å²) in [6, 6.07) is 3.76. The van der Waals surface area contributed by atoms with Gasteiger partial charge in [-0.2, -0.15) is 0 Å². The quantitative estimate of drug-likeness (QED) is 0.729. The molecule has 0 saturated heterocycles. The van der Waals surface area contributed by atoms with Crippen LogP contribution in [-0.2, 0) is 16.4 Å². The molecule has 0 fully saturated rings. The van der Waals surface area contributed by atoms with Gasteiger partial charge in [-0.1, -0.05) is 0 Å². The van der Waals surface area contributed by atoms with E-state index in [1.54, 1.807) is 26.4 Å². The van der Waals surface area contributed by atoms with E-state index < -0.39 is 15.3 Å². The summed E-state index contributed by atoms with van der Waals surface area (Å²) in [6.07, 6.45) is 4.08. The van der Waals surface area contributed by atoms with Crippen molar-refractivity contribution in [2.24, 2.45) is 0 Å². The van der Waals surface area contributed by atoms with Gasteiger partial charge in [0, 0.05) is 25.5 Å². The van der Waals surface area contributed by atoms with E-state index in [9.17, 15) is 8.42 Å². The molecule has 0 amide bonds. The molecule has 0 spiro atoms. The van der Waals surface area contributed by atoms with Crippen LogP contribution >= 0.6 is 0 Å². The molecule has 5 nitrogen and oxygen atoms in total. The summed E-state index contributed by atoms with van der Waals surface area (Å²) in [4.78, 5) is 3.91.